The molecule has 0 fully saturated rings. The number of nitrogens with one attached hydrogen (secondary N) is 1. The summed E-state index contributed by atoms with van der Waals surface area (Å²) in [6.07, 6.45) is 1.82. The molecule has 0 radical (unpaired) electrons. The number of carbonyl (C=O) groups excluding carboxylic acids is 1. The van der Waals surface area contributed by atoms with E-state index in [1.807, 2.05) is 26.8 Å². The molecule has 1 aromatic rings. The van der Waals surface area contributed by atoms with Crippen LogP contribution in [0.5, 0.6) is 5.75 Å². The standard InChI is InChI=1S/C15H23ClN2O2/c1-4-12(5-2)18-15(19)9-20-14-7-6-11(10(3)17)8-13(14)16/h6-8,10,12H,4-5,9,17H2,1-3H3,(H,18,19)/t10-/m1/s1. The van der Waals surface area contributed by atoms with Gasteiger partial charge in [0, 0.05) is 12.1 Å². The van der Waals surface area contributed by atoms with Crippen molar-refractivity contribution in [2.24, 2.45) is 5.73 Å². The van der Waals surface area contributed by atoms with Crippen LogP contribution in [0, 0.1) is 0 Å². The van der Waals surface area contributed by atoms with Crippen molar-refractivity contribution in [3.05, 3.63) is 28.8 Å². The third-order valence-corrected chi connectivity index (χ3v) is 3.49. The maximum atomic E-state index is 11.7. The van der Waals surface area contributed by atoms with Gasteiger partial charge < -0.3 is 15.8 Å². The highest BCUT2D eigenvalue weighted by Crippen LogP contribution is 2.27. The molecule has 0 spiro atoms. The third kappa shape index (κ3) is 5.02. The number of hydrogen-bond donors (Lipinski definition) is 2. The van der Waals surface area contributed by atoms with Crippen molar-refractivity contribution in [3.63, 3.8) is 0 Å². The van der Waals surface area contributed by atoms with Crippen molar-refractivity contribution in [2.45, 2.75) is 45.7 Å². The number of carbonyl (C=O) groups is 1. The van der Waals surface area contributed by atoms with Crippen molar-refractivity contribution in [1.82, 2.24) is 5.32 Å². The van der Waals surface area contributed by atoms with Gasteiger partial charge in [-0.3, -0.25) is 4.79 Å². The molecule has 3 N–H and O–H groups in total. The zero-order valence-corrected chi connectivity index (χ0v) is 13.0. The summed E-state index contributed by atoms with van der Waals surface area (Å²) in [5.74, 6) is 0.363. The maximum absolute atomic E-state index is 11.7. The van der Waals surface area contributed by atoms with Crippen LogP contribution >= 0.6 is 11.6 Å². The van der Waals surface area contributed by atoms with Crippen LogP contribution in [0.15, 0.2) is 18.2 Å². The van der Waals surface area contributed by atoms with Crippen LogP contribution in [0.2, 0.25) is 5.02 Å². The molecule has 0 aliphatic rings. The Morgan fingerprint density at radius 2 is 2.05 bits per heavy atom. The van der Waals surface area contributed by atoms with E-state index in [1.165, 1.54) is 0 Å². The monoisotopic (exact) mass is 298 g/mol. The van der Waals surface area contributed by atoms with Crippen molar-refractivity contribution in [2.75, 3.05) is 6.61 Å². The van der Waals surface area contributed by atoms with E-state index in [2.05, 4.69) is 5.32 Å². The van der Waals surface area contributed by atoms with Gasteiger partial charge in [0.2, 0.25) is 0 Å². The van der Waals surface area contributed by atoms with E-state index in [4.69, 9.17) is 22.1 Å². The number of ether oxygens (including phenoxy) is 1. The van der Waals surface area contributed by atoms with Gasteiger partial charge in [-0.15, -0.1) is 0 Å². The Hall–Kier alpha value is -1.26. The Morgan fingerprint density at radius 3 is 2.55 bits per heavy atom. The first-order valence-electron chi connectivity index (χ1n) is 6.95. The third-order valence-electron chi connectivity index (χ3n) is 3.19. The molecule has 4 nitrogen and oxygen atoms in total. The molecule has 0 bridgehead atoms. The summed E-state index contributed by atoms with van der Waals surface area (Å²) in [4.78, 5) is 11.7. The average Bonchev–Trinajstić information content (AvgIpc) is 2.43. The minimum absolute atomic E-state index is 0.0340. The predicted octanol–water partition coefficient (Wildman–Crippen LogP) is 3.04. The summed E-state index contributed by atoms with van der Waals surface area (Å²) in [6.45, 7) is 5.93. The van der Waals surface area contributed by atoms with E-state index in [0.29, 0.717) is 10.8 Å². The average molecular weight is 299 g/mol. The molecule has 20 heavy (non-hydrogen) atoms. The largest absolute Gasteiger partial charge is 0.482 e. The Labute approximate surface area is 125 Å². The molecule has 0 aromatic heterocycles. The van der Waals surface area contributed by atoms with E-state index in [1.54, 1.807) is 12.1 Å². The summed E-state index contributed by atoms with van der Waals surface area (Å²) >= 11 is 6.10. The molecule has 0 saturated heterocycles. The lowest BCUT2D eigenvalue weighted by molar-refractivity contribution is -0.123. The number of benzene rings is 1. The first-order valence-corrected chi connectivity index (χ1v) is 7.32. The summed E-state index contributed by atoms with van der Waals surface area (Å²) in [6, 6.07) is 5.47. The molecule has 0 unspecified atom stereocenters. The van der Waals surface area contributed by atoms with Gasteiger partial charge in [0.15, 0.2) is 6.61 Å². The van der Waals surface area contributed by atoms with Crippen LogP contribution in [-0.4, -0.2) is 18.6 Å². The lowest BCUT2D eigenvalue weighted by Gasteiger charge is -2.15. The molecule has 1 rings (SSSR count). The van der Waals surface area contributed by atoms with E-state index >= 15 is 0 Å². The van der Waals surface area contributed by atoms with Crippen molar-refractivity contribution >= 4 is 17.5 Å². The second kappa shape index (κ2) is 8.12. The van der Waals surface area contributed by atoms with Crippen LogP contribution in [0.3, 0.4) is 0 Å². The fourth-order valence-corrected chi connectivity index (χ4v) is 2.07. The van der Waals surface area contributed by atoms with Crippen molar-refractivity contribution in [3.8, 4) is 5.75 Å². The second-order valence-corrected chi connectivity index (χ2v) is 5.26. The summed E-state index contributed by atoms with van der Waals surface area (Å²) in [7, 11) is 0. The van der Waals surface area contributed by atoms with Gasteiger partial charge in [0.25, 0.3) is 5.91 Å². The number of nitrogens with two attached hydrogens (primary N) is 1. The smallest absolute Gasteiger partial charge is 0.258 e. The number of amides is 1. The molecule has 5 heteroatoms. The molecule has 1 aromatic carbocycles. The molecule has 0 aliphatic heterocycles. The van der Waals surface area contributed by atoms with Gasteiger partial charge in [-0.1, -0.05) is 31.5 Å². The van der Waals surface area contributed by atoms with Gasteiger partial charge in [-0.05, 0) is 37.5 Å². The highest BCUT2D eigenvalue weighted by Gasteiger charge is 2.11. The molecule has 1 amide bonds. The predicted molar refractivity (Wildman–Crippen MR) is 82.1 cm³/mol. The lowest BCUT2D eigenvalue weighted by atomic mass is 10.1. The Morgan fingerprint density at radius 1 is 1.40 bits per heavy atom. The van der Waals surface area contributed by atoms with E-state index in [-0.39, 0.29) is 24.6 Å². The zero-order valence-electron chi connectivity index (χ0n) is 12.3. The first-order chi connectivity index (χ1) is 9.47. The molecule has 1 atom stereocenters. The first kappa shape index (κ1) is 16.8. The summed E-state index contributed by atoms with van der Waals surface area (Å²) in [5, 5.41) is 3.38. The Kier molecular flexibility index (Phi) is 6.82. The molecule has 0 heterocycles. The number of halogens is 1. The van der Waals surface area contributed by atoms with E-state index in [0.717, 1.165) is 18.4 Å². The number of hydrogen-bond acceptors (Lipinski definition) is 3. The molecular weight excluding hydrogens is 276 g/mol. The highest BCUT2D eigenvalue weighted by molar-refractivity contribution is 6.32. The van der Waals surface area contributed by atoms with Crippen LogP contribution < -0.4 is 15.8 Å². The molecule has 112 valence electrons. The minimum atomic E-state index is -0.133. The Balaban J connectivity index is 2.55. The number of rotatable bonds is 7. The topological polar surface area (TPSA) is 64.3 Å². The van der Waals surface area contributed by atoms with Gasteiger partial charge in [-0.25, -0.2) is 0 Å². The summed E-state index contributed by atoms with van der Waals surface area (Å²) < 4.78 is 5.44. The second-order valence-electron chi connectivity index (χ2n) is 4.85. The normalized spacial score (nSPS) is 12.3. The lowest BCUT2D eigenvalue weighted by Crippen LogP contribution is -2.37. The molecule has 0 saturated carbocycles. The van der Waals surface area contributed by atoms with Crippen LogP contribution in [0.4, 0.5) is 0 Å². The van der Waals surface area contributed by atoms with Crippen LogP contribution in [0.1, 0.15) is 45.2 Å². The molecule has 0 aliphatic carbocycles. The zero-order chi connectivity index (χ0) is 15.1. The van der Waals surface area contributed by atoms with Gasteiger partial charge in [0.1, 0.15) is 5.75 Å². The minimum Gasteiger partial charge on any atom is -0.482 e. The fraction of sp³-hybridized carbons (Fsp3) is 0.533. The van der Waals surface area contributed by atoms with Crippen LogP contribution in [0.25, 0.3) is 0 Å². The Bertz CT molecular complexity index is 445. The molecular formula is C15H23ClN2O2. The van der Waals surface area contributed by atoms with Gasteiger partial charge >= 0.3 is 0 Å². The van der Waals surface area contributed by atoms with Crippen LogP contribution in [-0.2, 0) is 4.79 Å². The summed E-state index contributed by atoms with van der Waals surface area (Å²) in [5.41, 5.74) is 6.71. The van der Waals surface area contributed by atoms with E-state index in [9.17, 15) is 4.79 Å². The van der Waals surface area contributed by atoms with Gasteiger partial charge in [0.05, 0.1) is 5.02 Å². The quantitative estimate of drug-likeness (QED) is 0.813. The maximum Gasteiger partial charge on any atom is 0.258 e. The van der Waals surface area contributed by atoms with Gasteiger partial charge in [-0.2, -0.15) is 0 Å². The van der Waals surface area contributed by atoms with Crippen molar-refractivity contribution in [1.29, 1.82) is 0 Å². The van der Waals surface area contributed by atoms with Crippen molar-refractivity contribution < 1.29 is 9.53 Å². The van der Waals surface area contributed by atoms with E-state index < -0.39 is 0 Å². The fourth-order valence-electron chi connectivity index (χ4n) is 1.82. The SMILES string of the molecule is CCC(CC)NC(=O)COc1ccc([C@@H](C)N)cc1Cl. The highest BCUT2D eigenvalue weighted by atomic mass is 35.5.